The number of halogens is 3. The van der Waals surface area contributed by atoms with Crippen molar-refractivity contribution in [2.75, 3.05) is 12.3 Å². The van der Waals surface area contributed by atoms with E-state index < -0.39 is 11.9 Å². The molecule has 6 nitrogen and oxygen atoms in total. The summed E-state index contributed by atoms with van der Waals surface area (Å²) in [6, 6.07) is 4.89. The van der Waals surface area contributed by atoms with Crippen molar-refractivity contribution in [1.29, 1.82) is 0 Å². The Hall–Kier alpha value is -2.35. The fraction of sp³-hybridized carbons (Fsp3) is 0.440. The van der Waals surface area contributed by atoms with Crippen LogP contribution in [-0.2, 0) is 0 Å². The monoisotopic (exact) mass is 503 g/mol. The fourth-order valence-electron chi connectivity index (χ4n) is 5.35. The number of pyridine rings is 1. The topological polar surface area (TPSA) is 78.0 Å². The minimum Gasteiger partial charge on any atom is -0.482 e. The molecule has 0 bridgehead atoms. The van der Waals surface area contributed by atoms with Crippen LogP contribution >= 0.6 is 23.2 Å². The second-order valence-corrected chi connectivity index (χ2v) is 10.2. The molecule has 180 valence electrons. The fourth-order valence-corrected chi connectivity index (χ4v) is 6.02. The number of aromatic nitrogens is 3. The molecule has 1 spiro atoms. The lowest BCUT2D eigenvalue weighted by molar-refractivity contribution is 0.192. The van der Waals surface area contributed by atoms with E-state index in [1.807, 2.05) is 12.3 Å². The first-order valence-corrected chi connectivity index (χ1v) is 12.5. The third-order valence-electron chi connectivity index (χ3n) is 7.15. The van der Waals surface area contributed by atoms with Gasteiger partial charge < -0.3 is 15.8 Å². The van der Waals surface area contributed by atoms with Gasteiger partial charge in [0, 0.05) is 39.6 Å². The summed E-state index contributed by atoms with van der Waals surface area (Å²) in [5.41, 5.74) is 8.50. The second-order valence-electron chi connectivity index (χ2n) is 9.39. The number of piperidine rings is 1. The highest BCUT2D eigenvalue weighted by atomic mass is 35.5. The van der Waals surface area contributed by atoms with Crippen LogP contribution in [0.25, 0.3) is 11.1 Å². The van der Waals surface area contributed by atoms with Crippen molar-refractivity contribution >= 4 is 29.0 Å². The highest BCUT2D eigenvalue weighted by Gasteiger charge is 2.39. The van der Waals surface area contributed by atoms with Crippen molar-refractivity contribution in [1.82, 2.24) is 20.1 Å². The van der Waals surface area contributed by atoms with Crippen molar-refractivity contribution < 1.29 is 9.13 Å². The zero-order chi connectivity index (χ0) is 23.9. The molecule has 9 heteroatoms. The average Bonchev–Trinajstić information content (AvgIpc) is 3.48. The highest BCUT2D eigenvalue weighted by Crippen LogP contribution is 2.41. The number of ether oxygens (including phenoxy) is 1. The molecule has 1 unspecified atom stereocenters. The smallest absolute Gasteiger partial charge is 0.166 e. The molecule has 0 radical (unpaired) electrons. The number of hydrogen-bond acceptors (Lipinski definition) is 5. The number of hydrogen-bond donors (Lipinski definition) is 2. The molecular weight excluding hydrogens is 476 g/mol. The summed E-state index contributed by atoms with van der Waals surface area (Å²) in [6.45, 7) is 2.76. The Labute approximate surface area is 208 Å². The number of anilines is 1. The van der Waals surface area contributed by atoms with Crippen LogP contribution in [0.1, 0.15) is 63.2 Å². The van der Waals surface area contributed by atoms with E-state index in [1.165, 1.54) is 37.8 Å². The molecule has 2 aliphatic rings. The van der Waals surface area contributed by atoms with Crippen LogP contribution in [0.15, 0.2) is 36.8 Å². The number of rotatable bonds is 5. The largest absolute Gasteiger partial charge is 0.482 e. The van der Waals surface area contributed by atoms with Gasteiger partial charge in [-0.2, -0.15) is 5.10 Å². The lowest BCUT2D eigenvalue weighted by Crippen LogP contribution is -2.49. The molecule has 1 saturated heterocycles. The number of nitrogen functional groups attached to an aromatic ring is 1. The molecule has 1 aliphatic carbocycles. The van der Waals surface area contributed by atoms with E-state index in [0.717, 1.165) is 30.5 Å². The van der Waals surface area contributed by atoms with Gasteiger partial charge in [0.25, 0.3) is 0 Å². The molecule has 1 aromatic carbocycles. The quantitative estimate of drug-likeness (QED) is 0.396. The van der Waals surface area contributed by atoms with Gasteiger partial charge >= 0.3 is 0 Å². The molecule has 1 aliphatic heterocycles. The summed E-state index contributed by atoms with van der Waals surface area (Å²) in [5.74, 6) is 0.0511. The first-order chi connectivity index (χ1) is 16.3. The van der Waals surface area contributed by atoms with E-state index in [9.17, 15) is 4.39 Å². The maximum absolute atomic E-state index is 14.0. The Morgan fingerprint density at radius 2 is 2.03 bits per heavy atom. The number of benzene rings is 1. The zero-order valence-corrected chi connectivity index (χ0v) is 20.5. The Kier molecular flexibility index (Phi) is 6.44. The van der Waals surface area contributed by atoms with Gasteiger partial charge in [-0.3, -0.25) is 4.68 Å². The van der Waals surface area contributed by atoms with Gasteiger partial charge in [-0.25, -0.2) is 9.37 Å². The van der Waals surface area contributed by atoms with Crippen LogP contribution in [0.2, 0.25) is 10.0 Å². The van der Waals surface area contributed by atoms with Crippen LogP contribution < -0.4 is 15.8 Å². The lowest BCUT2D eigenvalue weighted by Gasteiger charge is -2.39. The zero-order valence-electron chi connectivity index (χ0n) is 19.0. The summed E-state index contributed by atoms with van der Waals surface area (Å²) < 4.78 is 22.1. The van der Waals surface area contributed by atoms with Crippen LogP contribution in [0.4, 0.5) is 10.2 Å². The minimum absolute atomic E-state index is 0.0639. The third kappa shape index (κ3) is 4.49. The molecule has 34 heavy (non-hydrogen) atoms. The Morgan fingerprint density at radius 3 is 2.82 bits per heavy atom. The Balaban J connectivity index is 1.36. The predicted octanol–water partition coefficient (Wildman–Crippen LogP) is 6.35. The maximum Gasteiger partial charge on any atom is 0.166 e. The molecule has 5 rings (SSSR count). The van der Waals surface area contributed by atoms with E-state index in [-0.39, 0.29) is 16.4 Å². The van der Waals surface area contributed by atoms with E-state index in [1.54, 1.807) is 13.1 Å². The number of nitrogens with one attached hydrogen (secondary N) is 1. The third-order valence-corrected chi connectivity index (χ3v) is 7.86. The van der Waals surface area contributed by atoms with E-state index in [0.29, 0.717) is 22.4 Å². The Morgan fingerprint density at radius 1 is 1.24 bits per heavy atom. The van der Waals surface area contributed by atoms with Crippen LogP contribution in [-0.4, -0.2) is 26.8 Å². The normalized spacial score (nSPS) is 20.5. The first kappa shape index (κ1) is 23.4. The standard InChI is InChI=1S/C25H28Cl2FN5O/c1-15(22-19(26)4-5-20(28)23(22)27)34-21-10-16(12-30-24(21)29)17-13-32-33(14-17)18-6-9-31-25(11-18)7-2-3-8-25/h4-5,10,12-15,18,31H,2-3,6-9,11H2,1H3,(H2,29,30)/t15-,18?/m1/s1. The first-order valence-electron chi connectivity index (χ1n) is 11.7. The van der Waals surface area contributed by atoms with Crippen LogP contribution in [0.3, 0.4) is 0 Å². The van der Waals surface area contributed by atoms with Gasteiger partial charge in [-0.15, -0.1) is 0 Å². The van der Waals surface area contributed by atoms with Crippen LogP contribution in [0.5, 0.6) is 5.75 Å². The van der Waals surface area contributed by atoms with Gasteiger partial charge in [0.2, 0.25) is 0 Å². The Bertz CT molecular complexity index is 1190. The van der Waals surface area contributed by atoms with E-state index in [4.69, 9.17) is 33.7 Å². The van der Waals surface area contributed by atoms with Gasteiger partial charge in [0.15, 0.2) is 11.6 Å². The van der Waals surface area contributed by atoms with E-state index in [2.05, 4.69) is 26.3 Å². The maximum atomic E-state index is 14.0. The molecule has 3 N–H and O–H groups in total. The summed E-state index contributed by atoms with van der Waals surface area (Å²) in [5, 5.41) is 8.70. The average molecular weight is 504 g/mol. The van der Waals surface area contributed by atoms with E-state index >= 15 is 0 Å². The second kappa shape index (κ2) is 9.36. The number of nitrogens with zero attached hydrogens (tertiary/aromatic N) is 3. The number of nitrogens with two attached hydrogens (primary N) is 1. The van der Waals surface area contributed by atoms with Crippen molar-refractivity contribution in [3.63, 3.8) is 0 Å². The van der Waals surface area contributed by atoms with Gasteiger partial charge in [-0.1, -0.05) is 36.0 Å². The van der Waals surface area contributed by atoms with Gasteiger partial charge in [0.05, 0.1) is 17.3 Å². The molecule has 2 aromatic heterocycles. The molecule has 2 fully saturated rings. The molecule has 3 heterocycles. The molecule has 3 aromatic rings. The molecule has 2 atom stereocenters. The lowest BCUT2D eigenvalue weighted by atomic mass is 9.84. The summed E-state index contributed by atoms with van der Waals surface area (Å²) in [7, 11) is 0. The SMILES string of the molecule is C[C@@H](Oc1cc(-c2cnn(C3CCNC4(CCCC4)C3)c2)cnc1N)c1c(Cl)ccc(F)c1Cl. The highest BCUT2D eigenvalue weighted by molar-refractivity contribution is 6.36. The summed E-state index contributed by atoms with van der Waals surface area (Å²) in [6.07, 6.45) is 12.3. The van der Waals surface area contributed by atoms with Crippen molar-refractivity contribution in [3.05, 3.63) is 58.2 Å². The van der Waals surface area contributed by atoms with Crippen molar-refractivity contribution in [2.24, 2.45) is 0 Å². The summed E-state index contributed by atoms with van der Waals surface area (Å²) >= 11 is 12.4. The van der Waals surface area contributed by atoms with Crippen LogP contribution in [0, 0.1) is 5.82 Å². The summed E-state index contributed by atoms with van der Waals surface area (Å²) in [4.78, 5) is 4.31. The molecule has 1 saturated carbocycles. The minimum atomic E-state index is -0.630. The molecular formula is C25H28Cl2FN5O. The predicted molar refractivity (Wildman–Crippen MR) is 133 cm³/mol. The van der Waals surface area contributed by atoms with Crippen molar-refractivity contribution in [2.45, 2.75) is 63.1 Å². The van der Waals surface area contributed by atoms with Gasteiger partial charge in [-0.05, 0) is 57.4 Å². The van der Waals surface area contributed by atoms with Gasteiger partial charge in [0.1, 0.15) is 11.9 Å². The molecule has 0 amide bonds. The van der Waals surface area contributed by atoms with Crippen molar-refractivity contribution in [3.8, 4) is 16.9 Å².